The molecule has 0 saturated carbocycles. The summed E-state index contributed by atoms with van der Waals surface area (Å²) in [6.07, 6.45) is 0. The summed E-state index contributed by atoms with van der Waals surface area (Å²) in [6.45, 7) is 1.37. The van der Waals surface area contributed by atoms with Gasteiger partial charge >= 0.3 is 0 Å². The van der Waals surface area contributed by atoms with Crippen molar-refractivity contribution in [2.24, 2.45) is 0 Å². The highest BCUT2D eigenvalue weighted by Gasteiger charge is 2.19. The molecule has 0 unspecified atom stereocenters. The molecule has 0 aliphatic carbocycles. The zero-order valence-electron chi connectivity index (χ0n) is 12.8. The van der Waals surface area contributed by atoms with Crippen LogP contribution in [0.5, 0.6) is 5.75 Å². The van der Waals surface area contributed by atoms with Gasteiger partial charge in [-0.25, -0.2) is 8.42 Å². The molecule has 2 aromatic carbocycles. The second-order valence-corrected chi connectivity index (χ2v) is 6.51. The zero-order valence-corrected chi connectivity index (χ0v) is 13.7. The Morgan fingerprint density at radius 3 is 2.29 bits per heavy atom. The van der Waals surface area contributed by atoms with Crippen molar-refractivity contribution in [1.29, 1.82) is 0 Å². The molecular weight excluding hydrogens is 336 g/mol. The predicted octanol–water partition coefficient (Wildman–Crippen LogP) is 2.61. The highest BCUT2D eigenvalue weighted by atomic mass is 32.2. The number of ketones is 1. The second-order valence-electron chi connectivity index (χ2n) is 4.83. The number of carbonyl (C=O) groups excluding carboxylic acids is 1. The van der Waals surface area contributed by atoms with Gasteiger partial charge < -0.3 is 4.74 Å². The number of nitro benzene ring substituents is 1. The number of rotatable bonds is 6. The topological polar surface area (TPSA) is 116 Å². The van der Waals surface area contributed by atoms with E-state index >= 15 is 0 Å². The average molecular weight is 350 g/mol. The molecule has 0 amide bonds. The minimum absolute atomic E-state index is 0.0534. The Bertz CT molecular complexity index is 891. The summed E-state index contributed by atoms with van der Waals surface area (Å²) in [7, 11) is -2.67. The van der Waals surface area contributed by atoms with Crippen LogP contribution in [0.25, 0.3) is 0 Å². The molecule has 126 valence electrons. The molecule has 0 atom stereocenters. The maximum Gasteiger partial charge on any atom is 0.271 e. The molecule has 2 aromatic rings. The summed E-state index contributed by atoms with van der Waals surface area (Å²) in [4.78, 5) is 21.4. The lowest BCUT2D eigenvalue weighted by atomic mass is 10.2. The molecule has 0 saturated heterocycles. The van der Waals surface area contributed by atoms with E-state index in [2.05, 4.69) is 4.72 Å². The van der Waals surface area contributed by atoms with Crippen LogP contribution in [0.15, 0.2) is 47.4 Å². The molecule has 0 aliphatic heterocycles. The number of non-ortho nitro benzene ring substituents is 1. The first kappa shape index (κ1) is 17.4. The minimum Gasteiger partial charge on any atom is -0.495 e. The van der Waals surface area contributed by atoms with E-state index in [1.807, 2.05) is 0 Å². The number of carbonyl (C=O) groups is 1. The van der Waals surface area contributed by atoms with E-state index in [1.165, 1.54) is 50.4 Å². The summed E-state index contributed by atoms with van der Waals surface area (Å²) in [5, 5.41) is 10.8. The number of sulfonamides is 1. The van der Waals surface area contributed by atoms with Crippen molar-refractivity contribution in [3.8, 4) is 5.75 Å². The number of methoxy groups -OCH3 is 1. The number of nitro groups is 1. The van der Waals surface area contributed by atoms with Gasteiger partial charge in [-0.15, -0.1) is 0 Å². The largest absolute Gasteiger partial charge is 0.495 e. The van der Waals surface area contributed by atoms with Crippen LogP contribution < -0.4 is 9.46 Å². The first-order valence-corrected chi connectivity index (χ1v) is 8.19. The third-order valence-corrected chi connectivity index (χ3v) is 4.59. The van der Waals surface area contributed by atoms with Gasteiger partial charge in [-0.1, -0.05) is 12.1 Å². The number of nitrogens with zero attached hydrogens (tertiary/aromatic N) is 1. The maximum atomic E-state index is 12.4. The Hall–Kier alpha value is -2.94. The van der Waals surface area contributed by atoms with E-state index in [-0.39, 0.29) is 27.8 Å². The minimum atomic E-state index is -3.99. The van der Waals surface area contributed by atoms with E-state index in [0.29, 0.717) is 5.56 Å². The van der Waals surface area contributed by atoms with Crippen molar-refractivity contribution in [1.82, 2.24) is 0 Å². The van der Waals surface area contributed by atoms with E-state index in [9.17, 15) is 23.3 Å². The number of hydrogen-bond acceptors (Lipinski definition) is 6. The Kier molecular flexibility index (Phi) is 4.84. The fourth-order valence-corrected chi connectivity index (χ4v) is 3.02. The van der Waals surface area contributed by atoms with Crippen LogP contribution in [0, 0.1) is 10.1 Å². The molecule has 8 nitrogen and oxygen atoms in total. The quantitative estimate of drug-likeness (QED) is 0.486. The lowest BCUT2D eigenvalue weighted by Crippen LogP contribution is -2.14. The number of ether oxygens (including phenoxy) is 1. The predicted molar refractivity (Wildman–Crippen MR) is 86.9 cm³/mol. The number of nitrogens with one attached hydrogen (secondary N) is 1. The van der Waals surface area contributed by atoms with Gasteiger partial charge in [0.1, 0.15) is 5.75 Å². The molecule has 0 spiro atoms. The van der Waals surface area contributed by atoms with Gasteiger partial charge in [-0.05, 0) is 25.1 Å². The molecular formula is C15H14N2O6S. The zero-order chi connectivity index (χ0) is 17.9. The van der Waals surface area contributed by atoms with Gasteiger partial charge in [0.2, 0.25) is 0 Å². The second kappa shape index (κ2) is 6.67. The molecule has 1 N–H and O–H groups in total. The van der Waals surface area contributed by atoms with Gasteiger partial charge in [-0.3, -0.25) is 19.6 Å². The number of Topliss-reactive ketones (excluding diaryl/α,β-unsaturated/α-hetero) is 1. The van der Waals surface area contributed by atoms with E-state index in [4.69, 9.17) is 4.74 Å². The average Bonchev–Trinajstić information content (AvgIpc) is 2.54. The molecule has 0 bridgehead atoms. The Morgan fingerprint density at radius 1 is 1.17 bits per heavy atom. The molecule has 0 radical (unpaired) electrons. The molecule has 2 rings (SSSR count). The van der Waals surface area contributed by atoms with Gasteiger partial charge in [0.05, 0.1) is 22.6 Å². The van der Waals surface area contributed by atoms with Crippen molar-refractivity contribution in [2.75, 3.05) is 11.8 Å². The Labute approximate surface area is 138 Å². The molecule has 24 heavy (non-hydrogen) atoms. The van der Waals surface area contributed by atoms with Crippen LogP contribution in [0.4, 0.5) is 11.4 Å². The first-order chi connectivity index (χ1) is 11.2. The summed E-state index contributed by atoms with van der Waals surface area (Å²) >= 11 is 0. The van der Waals surface area contributed by atoms with Crippen molar-refractivity contribution in [3.63, 3.8) is 0 Å². The molecule has 9 heteroatoms. The van der Waals surface area contributed by atoms with Crippen LogP contribution in [-0.2, 0) is 10.0 Å². The summed E-state index contributed by atoms with van der Waals surface area (Å²) < 4.78 is 32.1. The fraction of sp³-hybridized carbons (Fsp3) is 0.133. The van der Waals surface area contributed by atoms with Crippen molar-refractivity contribution >= 4 is 27.2 Å². The Balaban J connectivity index is 2.39. The van der Waals surface area contributed by atoms with Crippen LogP contribution in [0.3, 0.4) is 0 Å². The summed E-state index contributed by atoms with van der Waals surface area (Å²) in [6, 6.07) is 8.92. The number of hydrogen-bond donors (Lipinski definition) is 1. The third-order valence-electron chi connectivity index (χ3n) is 3.21. The van der Waals surface area contributed by atoms with Crippen molar-refractivity contribution < 1.29 is 22.9 Å². The normalized spacial score (nSPS) is 10.9. The van der Waals surface area contributed by atoms with Gasteiger partial charge in [-0.2, -0.15) is 0 Å². The SMILES string of the molecule is COc1ccc([N+](=O)[O-])cc1NS(=O)(=O)c1ccc(C(C)=O)cc1. The lowest BCUT2D eigenvalue weighted by molar-refractivity contribution is -0.384. The number of anilines is 1. The maximum absolute atomic E-state index is 12.4. The first-order valence-electron chi connectivity index (χ1n) is 6.71. The smallest absolute Gasteiger partial charge is 0.271 e. The standard InChI is InChI=1S/C15H14N2O6S/c1-10(18)11-3-6-13(7-4-11)24(21,22)16-14-9-12(17(19)20)5-8-15(14)23-2/h3-9,16H,1-2H3. The van der Waals surface area contributed by atoms with Crippen molar-refractivity contribution in [3.05, 3.63) is 58.1 Å². The van der Waals surface area contributed by atoms with Gasteiger partial charge in [0.25, 0.3) is 15.7 Å². The van der Waals surface area contributed by atoms with Gasteiger partial charge in [0.15, 0.2) is 5.78 Å². The summed E-state index contributed by atoms with van der Waals surface area (Å²) in [5.41, 5.74) is 0.0460. The van der Waals surface area contributed by atoms with E-state index in [0.717, 1.165) is 6.07 Å². The molecule has 0 fully saturated rings. The molecule has 0 aromatic heterocycles. The van der Waals surface area contributed by atoms with Crippen molar-refractivity contribution in [2.45, 2.75) is 11.8 Å². The van der Waals surface area contributed by atoms with Crippen LogP contribution in [-0.4, -0.2) is 26.2 Å². The van der Waals surface area contributed by atoms with E-state index in [1.54, 1.807) is 0 Å². The summed E-state index contributed by atoms with van der Waals surface area (Å²) in [5.74, 6) is -0.0446. The monoisotopic (exact) mass is 350 g/mol. The highest BCUT2D eigenvalue weighted by Crippen LogP contribution is 2.30. The van der Waals surface area contributed by atoms with Gasteiger partial charge in [0, 0.05) is 17.7 Å². The molecule has 0 heterocycles. The van der Waals surface area contributed by atoms with Crippen LogP contribution >= 0.6 is 0 Å². The molecule has 0 aliphatic rings. The third kappa shape index (κ3) is 3.69. The fourth-order valence-electron chi connectivity index (χ4n) is 1.96. The lowest BCUT2D eigenvalue weighted by Gasteiger charge is -2.12. The van der Waals surface area contributed by atoms with E-state index < -0.39 is 14.9 Å². The highest BCUT2D eigenvalue weighted by molar-refractivity contribution is 7.92. The number of benzene rings is 2. The van der Waals surface area contributed by atoms with Crippen LogP contribution in [0.1, 0.15) is 17.3 Å². The Morgan fingerprint density at radius 2 is 1.79 bits per heavy atom. The van der Waals surface area contributed by atoms with Crippen LogP contribution in [0.2, 0.25) is 0 Å².